The van der Waals surface area contributed by atoms with Crippen molar-refractivity contribution in [2.75, 3.05) is 0 Å². The molecule has 1 N–H and O–H groups in total. The lowest BCUT2D eigenvalue weighted by Crippen LogP contribution is -2.15. The number of hydrogen-bond donors (Lipinski definition) is 1. The lowest BCUT2D eigenvalue weighted by Gasteiger charge is -2.19. The van der Waals surface area contributed by atoms with Crippen LogP contribution in [0.25, 0.3) is 0 Å². The van der Waals surface area contributed by atoms with Gasteiger partial charge in [-0.1, -0.05) is 45.0 Å². The summed E-state index contributed by atoms with van der Waals surface area (Å²) in [6.45, 7) is 6.41. The van der Waals surface area contributed by atoms with Gasteiger partial charge >= 0.3 is 5.97 Å². The molecule has 3 nitrogen and oxygen atoms in total. The highest BCUT2D eigenvalue weighted by Gasteiger charge is 2.34. The molecule has 0 bridgehead atoms. The number of carbonyl (C=O) groups excluding carboxylic acids is 1. The van der Waals surface area contributed by atoms with Gasteiger partial charge in [-0.15, -0.1) is 0 Å². The van der Waals surface area contributed by atoms with Gasteiger partial charge in [0.1, 0.15) is 0 Å². The van der Waals surface area contributed by atoms with Crippen molar-refractivity contribution in [2.24, 2.45) is 11.8 Å². The Kier molecular flexibility index (Phi) is 3.98. The zero-order valence-electron chi connectivity index (χ0n) is 12.3. The molecule has 1 saturated carbocycles. The maximum absolute atomic E-state index is 12.4. The van der Waals surface area contributed by atoms with Crippen molar-refractivity contribution in [1.29, 1.82) is 0 Å². The summed E-state index contributed by atoms with van der Waals surface area (Å²) in [4.78, 5) is 23.3. The Morgan fingerprint density at radius 2 is 1.60 bits per heavy atom. The average molecular weight is 274 g/mol. The normalized spacial score (nSPS) is 22.8. The van der Waals surface area contributed by atoms with E-state index >= 15 is 0 Å². The van der Waals surface area contributed by atoms with Gasteiger partial charge in [0, 0.05) is 11.5 Å². The monoisotopic (exact) mass is 274 g/mol. The summed E-state index contributed by atoms with van der Waals surface area (Å²) in [5, 5.41) is 9.00. The average Bonchev–Trinajstić information content (AvgIpc) is 2.86. The van der Waals surface area contributed by atoms with Crippen molar-refractivity contribution in [3.63, 3.8) is 0 Å². The molecule has 0 amide bonds. The minimum atomic E-state index is -0.775. The van der Waals surface area contributed by atoms with Crippen molar-refractivity contribution >= 4 is 11.8 Å². The molecule has 1 aromatic rings. The molecular formula is C17H22O3. The predicted octanol–water partition coefficient (Wildman–Crippen LogP) is 3.67. The van der Waals surface area contributed by atoms with Crippen LogP contribution in [0.15, 0.2) is 24.3 Å². The minimum Gasteiger partial charge on any atom is -0.481 e. The van der Waals surface area contributed by atoms with E-state index in [-0.39, 0.29) is 23.0 Å². The number of carboxylic acids is 1. The summed E-state index contributed by atoms with van der Waals surface area (Å²) in [5.41, 5.74) is 1.97. The van der Waals surface area contributed by atoms with Gasteiger partial charge in [0.2, 0.25) is 0 Å². The quantitative estimate of drug-likeness (QED) is 0.856. The van der Waals surface area contributed by atoms with E-state index in [4.69, 9.17) is 5.11 Å². The van der Waals surface area contributed by atoms with Crippen LogP contribution in [0.3, 0.4) is 0 Å². The zero-order chi connectivity index (χ0) is 14.9. The van der Waals surface area contributed by atoms with Crippen LogP contribution in [0.2, 0.25) is 0 Å². The van der Waals surface area contributed by atoms with Crippen LogP contribution in [0.1, 0.15) is 56.0 Å². The number of hydrogen-bond acceptors (Lipinski definition) is 2. The molecule has 0 heterocycles. The smallest absolute Gasteiger partial charge is 0.306 e. The molecule has 1 aliphatic carbocycles. The summed E-state index contributed by atoms with van der Waals surface area (Å²) >= 11 is 0. The van der Waals surface area contributed by atoms with Crippen LogP contribution >= 0.6 is 0 Å². The van der Waals surface area contributed by atoms with E-state index in [1.165, 1.54) is 5.56 Å². The Hall–Kier alpha value is -1.64. The molecule has 1 fully saturated rings. The molecule has 2 rings (SSSR count). The molecule has 3 heteroatoms. The number of rotatable bonds is 3. The third kappa shape index (κ3) is 3.09. The Morgan fingerprint density at radius 1 is 1.05 bits per heavy atom. The molecule has 2 unspecified atom stereocenters. The van der Waals surface area contributed by atoms with Crippen molar-refractivity contribution in [3.05, 3.63) is 35.4 Å². The summed E-state index contributed by atoms with van der Waals surface area (Å²) in [7, 11) is 0. The Balaban J connectivity index is 2.09. The first-order chi connectivity index (χ1) is 9.29. The lowest BCUT2D eigenvalue weighted by atomic mass is 9.85. The van der Waals surface area contributed by atoms with Gasteiger partial charge in [-0.2, -0.15) is 0 Å². The van der Waals surface area contributed by atoms with Crippen LogP contribution in [0.4, 0.5) is 0 Å². The first-order valence-corrected chi connectivity index (χ1v) is 7.16. The standard InChI is InChI=1S/C17H22O3/c1-17(2,3)14-8-6-11(7-9-14)15(18)12-4-5-13(10-12)16(19)20/h6-9,12-13H,4-5,10H2,1-3H3,(H,19,20). The van der Waals surface area contributed by atoms with E-state index < -0.39 is 5.97 Å². The molecule has 1 aromatic carbocycles. The first-order valence-electron chi connectivity index (χ1n) is 7.16. The Morgan fingerprint density at radius 3 is 2.05 bits per heavy atom. The number of Topliss-reactive ketones (excluding diaryl/α,β-unsaturated/α-hetero) is 1. The van der Waals surface area contributed by atoms with Gasteiger partial charge in [-0.05, 0) is 30.2 Å². The maximum atomic E-state index is 12.4. The van der Waals surface area contributed by atoms with Crippen LogP contribution in [-0.4, -0.2) is 16.9 Å². The third-order valence-corrected chi connectivity index (χ3v) is 4.19. The molecule has 0 saturated heterocycles. The highest BCUT2D eigenvalue weighted by Crippen LogP contribution is 2.33. The highest BCUT2D eigenvalue weighted by atomic mass is 16.4. The summed E-state index contributed by atoms with van der Waals surface area (Å²) < 4.78 is 0. The summed E-state index contributed by atoms with van der Waals surface area (Å²) in [6.07, 6.45) is 1.79. The fraction of sp³-hybridized carbons (Fsp3) is 0.529. The van der Waals surface area contributed by atoms with Crippen molar-refractivity contribution in [3.8, 4) is 0 Å². The van der Waals surface area contributed by atoms with E-state index in [1.807, 2.05) is 24.3 Å². The fourth-order valence-corrected chi connectivity index (χ4v) is 2.81. The van der Waals surface area contributed by atoms with E-state index in [2.05, 4.69) is 20.8 Å². The van der Waals surface area contributed by atoms with Crippen LogP contribution in [0, 0.1) is 11.8 Å². The van der Waals surface area contributed by atoms with Gasteiger partial charge in [0.15, 0.2) is 5.78 Å². The second-order valence-electron chi connectivity index (χ2n) is 6.74. The van der Waals surface area contributed by atoms with Gasteiger partial charge in [0.05, 0.1) is 5.92 Å². The lowest BCUT2D eigenvalue weighted by molar-refractivity contribution is -0.141. The van der Waals surface area contributed by atoms with Crippen molar-refractivity contribution in [1.82, 2.24) is 0 Å². The Labute approximate surface area is 120 Å². The predicted molar refractivity (Wildman–Crippen MR) is 77.9 cm³/mol. The molecular weight excluding hydrogens is 252 g/mol. The third-order valence-electron chi connectivity index (χ3n) is 4.19. The number of benzene rings is 1. The van der Waals surface area contributed by atoms with Crippen LogP contribution in [0.5, 0.6) is 0 Å². The second-order valence-corrected chi connectivity index (χ2v) is 6.74. The van der Waals surface area contributed by atoms with E-state index in [9.17, 15) is 9.59 Å². The highest BCUT2D eigenvalue weighted by molar-refractivity contribution is 5.98. The summed E-state index contributed by atoms with van der Waals surface area (Å²) in [6, 6.07) is 7.74. The SMILES string of the molecule is CC(C)(C)c1ccc(C(=O)C2CCC(C(=O)O)C2)cc1. The number of carboxylic acid groups (broad SMARTS) is 1. The fourth-order valence-electron chi connectivity index (χ4n) is 2.81. The minimum absolute atomic E-state index is 0.0728. The molecule has 0 aliphatic heterocycles. The van der Waals surface area contributed by atoms with Crippen LogP contribution in [-0.2, 0) is 10.2 Å². The van der Waals surface area contributed by atoms with Gasteiger partial charge in [-0.25, -0.2) is 0 Å². The van der Waals surface area contributed by atoms with Gasteiger partial charge in [0.25, 0.3) is 0 Å². The molecule has 1 aliphatic rings. The maximum Gasteiger partial charge on any atom is 0.306 e. The molecule has 0 radical (unpaired) electrons. The van der Waals surface area contributed by atoms with Gasteiger partial charge < -0.3 is 5.11 Å². The van der Waals surface area contributed by atoms with Crippen molar-refractivity contribution in [2.45, 2.75) is 45.4 Å². The van der Waals surface area contributed by atoms with Crippen molar-refractivity contribution < 1.29 is 14.7 Å². The molecule has 108 valence electrons. The van der Waals surface area contributed by atoms with E-state index in [0.29, 0.717) is 24.8 Å². The number of ketones is 1. The van der Waals surface area contributed by atoms with E-state index in [0.717, 1.165) is 0 Å². The molecule has 20 heavy (non-hydrogen) atoms. The molecule has 0 spiro atoms. The first kappa shape index (κ1) is 14.8. The molecule has 2 atom stereocenters. The summed E-state index contributed by atoms with van der Waals surface area (Å²) in [5.74, 6) is -1.16. The largest absolute Gasteiger partial charge is 0.481 e. The van der Waals surface area contributed by atoms with E-state index in [1.54, 1.807) is 0 Å². The van der Waals surface area contributed by atoms with Crippen LogP contribution < -0.4 is 0 Å². The molecule has 0 aromatic heterocycles. The number of aliphatic carboxylic acids is 1. The second kappa shape index (κ2) is 5.39. The van der Waals surface area contributed by atoms with Gasteiger partial charge in [-0.3, -0.25) is 9.59 Å². The zero-order valence-corrected chi connectivity index (χ0v) is 12.3. The topological polar surface area (TPSA) is 54.4 Å². The number of carbonyl (C=O) groups is 2. The Bertz CT molecular complexity index is 508.